The normalized spacial score (nSPS) is 45.8. The van der Waals surface area contributed by atoms with Crippen molar-refractivity contribution < 1.29 is 4.52 Å². The number of hydrogen-bond donors (Lipinski definition) is 0. The number of fused-ring (bicyclic) bond motifs is 5. The second kappa shape index (κ2) is 2.76. The van der Waals surface area contributed by atoms with Crippen molar-refractivity contribution >= 4 is 11.6 Å². The molecule has 3 aliphatic carbocycles. The quantitative estimate of drug-likeness (QED) is 0.725. The number of hydrogen-bond acceptors (Lipinski definition) is 3. The Hall–Kier alpha value is -0.570. The summed E-state index contributed by atoms with van der Waals surface area (Å²) in [4.78, 5) is 4.36. The van der Waals surface area contributed by atoms with Gasteiger partial charge in [0.1, 0.15) is 0 Å². The molecule has 0 N–H and O–H groups in total. The van der Waals surface area contributed by atoms with Crippen LogP contribution in [0.5, 0.6) is 0 Å². The fourth-order valence-corrected chi connectivity index (χ4v) is 4.22. The molecule has 3 nitrogen and oxygen atoms in total. The average Bonchev–Trinajstić information content (AvgIpc) is 2.72. The standard InChI is InChI=1S/C11H13ClN2O/c12-4-7-13-11(15-14-7)10-8-5-1-2-6(3-5)9(8)10/h5-6,8-10H,1-4H2. The molecule has 4 heteroatoms. The van der Waals surface area contributed by atoms with Crippen LogP contribution in [0, 0.1) is 23.7 Å². The first kappa shape index (κ1) is 8.57. The van der Waals surface area contributed by atoms with Crippen LogP contribution in [-0.2, 0) is 5.88 Å². The summed E-state index contributed by atoms with van der Waals surface area (Å²) in [6.45, 7) is 0. The molecular formula is C11H13ClN2O. The zero-order valence-corrected chi connectivity index (χ0v) is 9.15. The summed E-state index contributed by atoms with van der Waals surface area (Å²) in [5.41, 5.74) is 0. The van der Waals surface area contributed by atoms with E-state index in [9.17, 15) is 0 Å². The van der Waals surface area contributed by atoms with E-state index in [1.54, 1.807) is 0 Å². The maximum atomic E-state index is 5.67. The molecule has 4 atom stereocenters. The highest BCUT2D eigenvalue weighted by Gasteiger charge is 2.67. The van der Waals surface area contributed by atoms with Crippen molar-refractivity contribution in [2.75, 3.05) is 0 Å². The van der Waals surface area contributed by atoms with E-state index in [0.29, 0.717) is 17.6 Å². The fourth-order valence-electron chi connectivity index (χ4n) is 4.11. The van der Waals surface area contributed by atoms with Crippen molar-refractivity contribution in [1.82, 2.24) is 10.1 Å². The van der Waals surface area contributed by atoms with E-state index in [4.69, 9.17) is 16.1 Å². The third kappa shape index (κ3) is 1.02. The fraction of sp³-hybridized carbons (Fsp3) is 0.818. The van der Waals surface area contributed by atoms with E-state index in [-0.39, 0.29) is 0 Å². The Morgan fingerprint density at radius 2 is 2.00 bits per heavy atom. The van der Waals surface area contributed by atoms with Gasteiger partial charge in [-0.3, -0.25) is 0 Å². The molecule has 0 saturated heterocycles. The molecule has 0 spiro atoms. The Kier molecular flexibility index (Phi) is 1.58. The zero-order chi connectivity index (χ0) is 9.99. The molecule has 15 heavy (non-hydrogen) atoms. The Labute approximate surface area is 93.2 Å². The predicted octanol–water partition coefficient (Wildman–Crippen LogP) is 2.57. The van der Waals surface area contributed by atoms with Gasteiger partial charge in [-0.15, -0.1) is 11.6 Å². The monoisotopic (exact) mass is 224 g/mol. The summed E-state index contributed by atoms with van der Waals surface area (Å²) in [5, 5.41) is 3.88. The second-order valence-electron chi connectivity index (χ2n) is 5.20. The lowest BCUT2D eigenvalue weighted by Crippen LogP contribution is -1.97. The van der Waals surface area contributed by atoms with Crippen LogP contribution in [0.1, 0.15) is 36.9 Å². The van der Waals surface area contributed by atoms with Crippen molar-refractivity contribution in [1.29, 1.82) is 0 Å². The van der Waals surface area contributed by atoms with Gasteiger partial charge in [0.05, 0.1) is 5.88 Å². The minimum Gasteiger partial charge on any atom is -0.339 e. The molecule has 4 unspecified atom stereocenters. The summed E-state index contributed by atoms with van der Waals surface area (Å²) in [5.74, 6) is 6.09. The first-order valence-electron chi connectivity index (χ1n) is 5.77. The zero-order valence-electron chi connectivity index (χ0n) is 8.40. The lowest BCUT2D eigenvalue weighted by molar-refractivity contribution is 0.353. The Morgan fingerprint density at radius 1 is 1.27 bits per heavy atom. The third-order valence-electron chi connectivity index (χ3n) is 4.62. The minimum atomic E-state index is 0.360. The van der Waals surface area contributed by atoms with Gasteiger partial charge in [0.15, 0.2) is 5.82 Å². The molecule has 1 aromatic heterocycles. The van der Waals surface area contributed by atoms with E-state index in [1.807, 2.05) is 0 Å². The summed E-state index contributed by atoms with van der Waals surface area (Å²) >= 11 is 5.67. The first-order chi connectivity index (χ1) is 7.38. The van der Waals surface area contributed by atoms with Crippen molar-refractivity contribution in [2.24, 2.45) is 23.7 Å². The predicted molar refractivity (Wildman–Crippen MR) is 54.4 cm³/mol. The summed E-state index contributed by atoms with van der Waals surface area (Å²) in [7, 11) is 0. The SMILES string of the molecule is ClCc1noc(C2C3C4CCC(C4)C23)n1. The van der Waals surface area contributed by atoms with Gasteiger partial charge in [-0.1, -0.05) is 5.16 Å². The van der Waals surface area contributed by atoms with Gasteiger partial charge in [-0.2, -0.15) is 4.98 Å². The minimum absolute atomic E-state index is 0.360. The molecule has 3 fully saturated rings. The number of aromatic nitrogens is 2. The molecule has 1 aromatic rings. The topological polar surface area (TPSA) is 38.9 Å². The highest BCUT2D eigenvalue weighted by Crippen LogP contribution is 2.72. The largest absolute Gasteiger partial charge is 0.339 e. The molecule has 3 saturated carbocycles. The van der Waals surface area contributed by atoms with Crippen LogP contribution in [-0.4, -0.2) is 10.1 Å². The number of rotatable bonds is 2. The average molecular weight is 225 g/mol. The lowest BCUT2D eigenvalue weighted by atomic mass is 10.0. The summed E-state index contributed by atoms with van der Waals surface area (Å²) in [6, 6.07) is 0. The molecular weight excluding hydrogens is 212 g/mol. The molecule has 0 radical (unpaired) electrons. The van der Waals surface area contributed by atoms with Crippen LogP contribution in [0.15, 0.2) is 4.52 Å². The molecule has 1 heterocycles. The van der Waals surface area contributed by atoms with E-state index < -0.39 is 0 Å². The summed E-state index contributed by atoms with van der Waals surface area (Å²) < 4.78 is 5.29. The molecule has 0 aliphatic heterocycles. The van der Waals surface area contributed by atoms with Gasteiger partial charge < -0.3 is 4.52 Å². The molecule has 0 amide bonds. The molecule has 0 aromatic carbocycles. The first-order valence-corrected chi connectivity index (χ1v) is 6.30. The van der Waals surface area contributed by atoms with E-state index in [2.05, 4.69) is 10.1 Å². The number of halogens is 1. The third-order valence-corrected chi connectivity index (χ3v) is 4.86. The highest BCUT2D eigenvalue weighted by atomic mass is 35.5. The van der Waals surface area contributed by atoms with Crippen LogP contribution in [0.4, 0.5) is 0 Å². The Morgan fingerprint density at radius 3 is 2.60 bits per heavy atom. The van der Waals surface area contributed by atoms with Crippen molar-refractivity contribution in [3.05, 3.63) is 11.7 Å². The van der Waals surface area contributed by atoms with Crippen LogP contribution in [0.25, 0.3) is 0 Å². The van der Waals surface area contributed by atoms with Crippen molar-refractivity contribution in [3.8, 4) is 0 Å². The van der Waals surface area contributed by atoms with Crippen molar-refractivity contribution in [3.63, 3.8) is 0 Å². The number of alkyl halides is 1. The van der Waals surface area contributed by atoms with Crippen LogP contribution < -0.4 is 0 Å². The van der Waals surface area contributed by atoms with Gasteiger partial charge in [-0.25, -0.2) is 0 Å². The van der Waals surface area contributed by atoms with E-state index in [1.165, 1.54) is 19.3 Å². The smallest absolute Gasteiger partial charge is 0.230 e. The maximum absolute atomic E-state index is 5.67. The van der Waals surface area contributed by atoms with Gasteiger partial charge >= 0.3 is 0 Å². The molecule has 4 rings (SSSR count). The van der Waals surface area contributed by atoms with E-state index in [0.717, 1.165) is 29.6 Å². The summed E-state index contributed by atoms with van der Waals surface area (Å²) in [6.07, 6.45) is 4.32. The molecule has 80 valence electrons. The highest BCUT2D eigenvalue weighted by molar-refractivity contribution is 6.16. The van der Waals surface area contributed by atoms with Crippen LogP contribution in [0.3, 0.4) is 0 Å². The second-order valence-corrected chi connectivity index (χ2v) is 5.46. The van der Waals surface area contributed by atoms with Gasteiger partial charge in [0.25, 0.3) is 0 Å². The molecule has 2 bridgehead atoms. The van der Waals surface area contributed by atoms with Gasteiger partial charge in [0.2, 0.25) is 5.89 Å². The van der Waals surface area contributed by atoms with Crippen molar-refractivity contribution in [2.45, 2.75) is 31.1 Å². The molecule has 3 aliphatic rings. The van der Waals surface area contributed by atoms with Gasteiger partial charge in [-0.05, 0) is 42.9 Å². The Balaban J connectivity index is 1.61. The van der Waals surface area contributed by atoms with Gasteiger partial charge in [0, 0.05) is 5.92 Å². The van der Waals surface area contributed by atoms with Crippen LogP contribution in [0.2, 0.25) is 0 Å². The maximum Gasteiger partial charge on any atom is 0.230 e. The lowest BCUT2D eigenvalue weighted by Gasteiger charge is -2.04. The van der Waals surface area contributed by atoms with E-state index >= 15 is 0 Å². The Bertz CT molecular complexity index is 389. The van der Waals surface area contributed by atoms with Crippen LogP contribution >= 0.6 is 11.6 Å². The number of nitrogens with zero attached hydrogens (tertiary/aromatic N) is 2.